The zero-order valence-corrected chi connectivity index (χ0v) is 7.78. The minimum absolute atomic E-state index is 0.146. The lowest BCUT2D eigenvalue weighted by Gasteiger charge is -2.02. The molecule has 0 aliphatic carbocycles. The fraction of sp³-hybridized carbons (Fsp3) is 0.625. The number of amides is 1. The van der Waals surface area contributed by atoms with Gasteiger partial charge in [0, 0.05) is 19.3 Å². The van der Waals surface area contributed by atoms with E-state index in [4.69, 9.17) is 10.2 Å². The average Bonchev–Trinajstić information content (AvgIpc) is 2.47. The van der Waals surface area contributed by atoms with Crippen LogP contribution in [-0.4, -0.2) is 16.1 Å². The maximum absolute atomic E-state index is 10.7. The minimum Gasteiger partial charge on any atom is -0.426 e. The number of hydrogen-bond acceptors (Lipinski definition) is 4. The van der Waals surface area contributed by atoms with Gasteiger partial charge in [-0.15, -0.1) is 10.2 Å². The largest absolute Gasteiger partial charge is 0.426 e. The summed E-state index contributed by atoms with van der Waals surface area (Å²) in [4.78, 5) is 10.7. The number of carbonyl (C=O) groups excluding carboxylic acids is 1. The van der Waals surface area contributed by atoms with E-state index in [-0.39, 0.29) is 11.8 Å². The van der Waals surface area contributed by atoms with Gasteiger partial charge in [0.25, 0.3) is 0 Å². The molecule has 0 fully saturated rings. The molecule has 5 heteroatoms. The molecule has 0 aliphatic rings. The Labute approximate surface area is 76.3 Å². The van der Waals surface area contributed by atoms with Gasteiger partial charge >= 0.3 is 0 Å². The monoisotopic (exact) mass is 183 g/mol. The van der Waals surface area contributed by atoms with Crippen molar-refractivity contribution in [1.29, 1.82) is 0 Å². The van der Waals surface area contributed by atoms with Crippen molar-refractivity contribution < 1.29 is 9.21 Å². The van der Waals surface area contributed by atoms with Crippen LogP contribution in [0.4, 0.5) is 0 Å². The molecule has 0 aliphatic heterocycles. The topological polar surface area (TPSA) is 82.0 Å². The highest BCUT2D eigenvalue weighted by molar-refractivity contribution is 5.76. The van der Waals surface area contributed by atoms with Crippen molar-refractivity contribution in [3.05, 3.63) is 11.8 Å². The first-order valence-corrected chi connectivity index (χ1v) is 4.18. The first-order chi connectivity index (χ1) is 6.09. The van der Waals surface area contributed by atoms with Crippen LogP contribution in [0.1, 0.15) is 25.1 Å². The van der Waals surface area contributed by atoms with Crippen LogP contribution < -0.4 is 5.73 Å². The van der Waals surface area contributed by atoms with Crippen LogP contribution in [0.3, 0.4) is 0 Å². The van der Waals surface area contributed by atoms with Gasteiger partial charge in [-0.3, -0.25) is 4.79 Å². The predicted molar refractivity (Wildman–Crippen MR) is 45.7 cm³/mol. The Balaban J connectivity index is 2.39. The van der Waals surface area contributed by atoms with Gasteiger partial charge < -0.3 is 10.2 Å². The van der Waals surface area contributed by atoms with Gasteiger partial charge in [-0.1, -0.05) is 6.92 Å². The lowest BCUT2D eigenvalue weighted by Crippen LogP contribution is -2.20. The summed E-state index contributed by atoms with van der Waals surface area (Å²) in [6, 6.07) is 0. The summed E-state index contributed by atoms with van der Waals surface area (Å²) in [6.45, 7) is 3.51. The number of rotatable bonds is 4. The second kappa shape index (κ2) is 4.02. The molecular formula is C8H13N3O2. The predicted octanol–water partition coefficient (Wildman–Crippen LogP) is 0.432. The van der Waals surface area contributed by atoms with E-state index in [1.807, 2.05) is 0 Å². The molecule has 1 aromatic rings. The number of aromatic nitrogens is 2. The van der Waals surface area contributed by atoms with Gasteiger partial charge in [-0.25, -0.2) is 0 Å². The highest BCUT2D eigenvalue weighted by atomic mass is 16.4. The molecule has 5 nitrogen and oxygen atoms in total. The van der Waals surface area contributed by atoms with Gasteiger partial charge in [0.2, 0.25) is 17.7 Å². The van der Waals surface area contributed by atoms with Crippen LogP contribution in [0.15, 0.2) is 4.42 Å². The summed E-state index contributed by atoms with van der Waals surface area (Å²) < 4.78 is 5.14. The van der Waals surface area contributed by atoms with Crippen LogP contribution in [0.5, 0.6) is 0 Å². The molecule has 0 saturated carbocycles. The molecule has 2 N–H and O–H groups in total. The molecular weight excluding hydrogens is 170 g/mol. The Hall–Kier alpha value is -1.39. The molecule has 13 heavy (non-hydrogen) atoms. The van der Waals surface area contributed by atoms with E-state index in [0.29, 0.717) is 24.6 Å². The quantitative estimate of drug-likeness (QED) is 0.733. The van der Waals surface area contributed by atoms with E-state index in [1.165, 1.54) is 0 Å². The van der Waals surface area contributed by atoms with Crippen molar-refractivity contribution in [2.75, 3.05) is 0 Å². The number of nitrogens with two attached hydrogens (primary N) is 1. The normalized spacial score (nSPS) is 12.8. The SMILES string of the molecule is Cc1nnc(CCC(C)C(N)=O)o1. The number of hydrogen-bond donors (Lipinski definition) is 1. The molecule has 0 saturated heterocycles. The van der Waals surface area contributed by atoms with Crippen molar-refractivity contribution in [1.82, 2.24) is 10.2 Å². The number of carbonyl (C=O) groups is 1. The second-order valence-electron chi connectivity index (χ2n) is 3.06. The summed E-state index contributed by atoms with van der Waals surface area (Å²) in [5, 5.41) is 7.48. The third-order valence-corrected chi connectivity index (χ3v) is 1.84. The summed E-state index contributed by atoms with van der Waals surface area (Å²) >= 11 is 0. The molecule has 0 spiro atoms. The third kappa shape index (κ3) is 2.85. The zero-order chi connectivity index (χ0) is 9.84. The van der Waals surface area contributed by atoms with E-state index in [1.54, 1.807) is 13.8 Å². The van der Waals surface area contributed by atoms with E-state index in [9.17, 15) is 4.79 Å². The molecule has 1 unspecified atom stereocenters. The van der Waals surface area contributed by atoms with Crippen molar-refractivity contribution in [2.45, 2.75) is 26.7 Å². The number of nitrogens with zero attached hydrogens (tertiary/aromatic N) is 2. The summed E-state index contributed by atoms with van der Waals surface area (Å²) in [5.74, 6) is 0.663. The lowest BCUT2D eigenvalue weighted by molar-refractivity contribution is -0.121. The number of primary amides is 1. The van der Waals surface area contributed by atoms with Crippen molar-refractivity contribution in [2.24, 2.45) is 11.7 Å². The van der Waals surface area contributed by atoms with E-state index in [2.05, 4.69) is 10.2 Å². The Morgan fingerprint density at radius 2 is 2.31 bits per heavy atom. The zero-order valence-electron chi connectivity index (χ0n) is 7.78. The van der Waals surface area contributed by atoms with Crippen molar-refractivity contribution in [3.8, 4) is 0 Å². The van der Waals surface area contributed by atoms with Crippen LogP contribution in [0.2, 0.25) is 0 Å². The summed E-state index contributed by atoms with van der Waals surface area (Å²) in [7, 11) is 0. The van der Waals surface area contributed by atoms with E-state index in [0.717, 1.165) is 0 Å². The Morgan fingerprint density at radius 1 is 1.62 bits per heavy atom. The van der Waals surface area contributed by atoms with Gasteiger partial charge in [-0.05, 0) is 6.42 Å². The fourth-order valence-corrected chi connectivity index (χ4v) is 0.921. The number of aryl methyl sites for hydroxylation is 2. The molecule has 0 radical (unpaired) electrons. The Kier molecular flexibility index (Phi) is 3.00. The maximum Gasteiger partial charge on any atom is 0.220 e. The molecule has 1 aromatic heterocycles. The van der Waals surface area contributed by atoms with E-state index >= 15 is 0 Å². The van der Waals surface area contributed by atoms with Crippen LogP contribution in [0.25, 0.3) is 0 Å². The Morgan fingerprint density at radius 3 is 2.77 bits per heavy atom. The first-order valence-electron chi connectivity index (χ1n) is 4.18. The highest BCUT2D eigenvalue weighted by Gasteiger charge is 2.10. The molecule has 1 amide bonds. The minimum atomic E-state index is -0.295. The van der Waals surface area contributed by atoms with Crippen LogP contribution >= 0.6 is 0 Å². The lowest BCUT2D eigenvalue weighted by atomic mass is 10.1. The standard InChI is InChI=1S/C8H13N3O2/c1-5(8(9)12)3-4-7-11-10-6(2)13-7/h5H,3-4H2,1-2H3,(H2,9,12). The van der Waals surface area contributed by atoms with Crippen LogP contribution in [0, 0.1) is 12.8 Å². The average molecular weight is 183 g/mol. The van der Waals surface area contributed by atoms with E-state index < -0.39 is 0 Å². The van der Waals surface area contributed by atoms with Gasteiger partial charge in [0.05, 0.1) is 0 Å². The Bertz CT molecular complexity index is 295. The summed E-state index contributed by atoms with van der Waals surface area (Å²) in [6.07, 6.45) is 1.25. The molecule has 72 valence electrons. The van der Waals surface area contributed by atoms with Gasteiger partial charge in [-0.2, -0.15) is 0 Å². The molecule has 1 rings (SSSR count). The highest BCUT2D eigenvalue weighted by Crippen LogP contribution is 2.07. The molecule has 0 aromatic carbocycles. The second-order valence-corrected chi connectivity index (χ2v) is 3.06. The molecule has 0 bridgehead atoms. The summed E-state index contributed by atoms with van der Waals surface area (Å²) in [5.41, 5.74) is 5.10. The van der Waals surface area contributed by atoms with Gasteiger partial charge in [0.15, 0.2) is 0 Å². The van der Waals surface area contributed by atoms with Crippen molar-refractivity contribution >= 4 is 5.91 Å². The fourth-order valence-electron chi connectivity index (χ4n) is 0.921. The van der Waals surface area contributed by atoms with Crippen molar-refractivity contribution in [3.63, 3.8) is 0 Å². The maximum atomic E-state index is 10.7. The van der Waals surface area contributed by atoms with Gasteiger partial charge in [0.1, 0.15) is 0 Å². The third-order valence-electron chi connectivity index (χ3n) is 1.84. The molecule has 1 heterocycles. The smallest absolute Gasteiger partial charge is 0.220 e. The first kappa shape index (κ1) is 9.70. The molecule has 1 atom stereocenters. The van der Waals surface area contributed by atoms with Crippen LogP contribution in [-0.2, 0) is 11.2 Å².